The molecule has 2 aromatic rings. The largest absolute Gasteiger partial charge is 0.507 e. The van der Waals surface area contributed by atoms with Crippen molar-refractivity contribution in [3.05, 3.63) is 42.0 Å². The van der Waals surface area contributed by atoms with Gasteiger partial charge in [0.05, 0.1) is 18.4 Å². The van der Waals surface area contributed by atoms with Crippen molar-refractivity contribution < 1.29 is 19.8 Å². The van der Waals surface area contributed by atoms with E-state index in [0.717, 1.165) is 6.42 Å². The highest BCUT2D eigenvalue weighted by molar-refractivity contribution is 5.81. The highest BCUT2D eigenvalue weighted by atomic mass is 16.6. The summed E-state index contributed by atoms with van der Waals surface area (Å²) in [6.07, 6.45) is 1.39. The standard InChI is InChI=1S/C18H20N2O4/c1-24-19-14-5-2-4-12(10-14)17-15(21)8-7-13(18(17)23)11-20-9-3-6-16(20)22/h2,4-5,7-8,10,19,21,23H,3,6,9,11H2,1H3. The summed E-state index contributed by atoms with van der Waals surface area (Å²) in [5, 5.41) is 20.9. The van der Waals surface area contributed by atoms with Crippen LogP contribution in [0.3, 0.4) is 0 Å². The van der Waals surface area contributed by atoms with Gasteiger partial charge < -0.3 is 15.1 Å². The molecule has 0 spiro atoms. The number of phenolic OH excluding ortho intramolecular Hbond substituents is 2. The molecular weight excluding hydrogens is 308 g/mol. The van der Waals surface area contributed by atoms with Gasteiger partial charge in [-0.15, -0.1) is 0 Å². The average Bonchev–Trinajstić information content (AvgIpc) is 2.96. The lowest BCUT2D eigenvalue weighted by molar-refractivity contribution is -0.128. The molecule has 6 heteroatoms. The first-order valence-corrected chi connectivity index (χ1v) is 7.81. The molecule has 0 atom stereocenters. The topological polar surface area (TPSA) is 82.0 Å². The first-order valence-electron chi connectivity index (χ1n) is 7.81. The van der Waals surface area contributed by atoms with Crippen LogP contribution >= 0.6 is 0 Å². The van der Waals surface area contributed by atoms with Crippen LogP contribution in [0.5, 0.6) is 11.5 Å². The Hall–Kier alpha value is -2.73. The van der Waals surface area contributed by atoms with Crippen LogP contribution in [0.1, 0.15) is 18.4 Å². The number of likely N-dealkylation sites (tertiary alicyclic amines) is 1. The van der Waals surface area contributed by atoms with E-state index >= 15 is 0 Å². The second kappa shape index (κ2) is 6.80. The van der Waals surface area contributed by atoms with Crippen LogP contribution in [0.25, 0.3) is 11.1 Å². The van der Waals surface area contributed by atoms with Crippen molar-refractivity contribution in [1.82, 2.24) is 4.90 Å². The molecule has 126 valence electrons. The quantitative estimate of drug-likeness (QED) is 0.735. The predicted molar refractivity (Wildman–Crippen MR) is 90.5 cm³/mol. The van der Waals surface area contributed by atoms with Gasteiger partial charge in [-0.1, -0.05) is 12.1 Å². The van der Waals surface area contributed by atoms with Crippen molar-refractivity contribution in [2.24, 2.45) is 0 Å². The first-order chi connectivity index (χ1) is 11.6. The van der Waals surface area contributed by atoms with E-state index in [1.54, 1.807) is 35.2 Å². The van der Waals surface area contributed by atoms with E-state index in [2.05, 4.69) is 5.48 Å². The molecule has 0 aromatic heterocycles. The highest BCUT2D eigenvalue weighted by Gasteiger charge is 2.23. The molecule has 1 aliphatic heterocycles. The lowest BCUT2D eigenvalue weighted by Crippen LogP contribution is -2.23. The smallest absolute Gasteiger partial charge is 0.222 e. The normalized spacial score (nSPS) is 14.2. The van der Waals surface area contributed by atoms with E-state index in [0.29, 0.717) is 41.9 Å². The minimum atomic E-state index is -0.0152. The van der Waals surface area contributed by atoms with Crippen LogP contribution in [0.15, 0.2) is 36.4 Å². The van der Waals surface area contributed by atoms with Gasteiger partial charge in [-0.25, -0.2) is 0 Å². The molecule has 6 nitrogen and oxygen atoms in total. The van der Waals surface area contributed by atoms with Crippen LogP contribution in [-0.2, 0) is 16.2 Å². The number of amides is 1. The monoisotopic (exact) mass is 328 g/mol. The maximum absolute atomic E-state index is 11.8. The lowest BCUT2D eigenvalue weighted by atomic mass is 9.99. The molecule has 2 aromatic carbocycles. The first kappa shape index (κ1) is 16.1. The number of nitrogens with zero attached hydrogens (tertiary/aromatic N) is 1. The Kier molecular flexibility index (Phi) is 4.57. The minimum absolute atomic E-state index is 0.00994. The molecule has 1 amide bonds. The zero-order valence-electron chi connectivity index (χ0n) is 13.5. The molecule has 24 heavy (non-hydrogen) atoms. The van der Waals surface area contributed by atoms with Crippen molar-refractivity contribution in [3.8, 4) is 22.6 Å². The van der Waals surface area contributed by atoms with E-state index in [4.69, 9.17) is 4.84 Å². The summed E-state index contributed by atoms with van der Waals surface area (Å²) in [5.74, 6) is 0.0677. The third-order valence-electron chi connectivity index (χ3n) is 4.14. The van der Waals surface area contributed by atoms with Gasteiger partial charge in [0.15, 0.2) is 0 Å². The number of hydrogen-bond donors (Lipinski definition) is 3. The molecular formula is C18H20N2O4. The molecule has 0 saturated carbocycles. The summed E-state index contributed by atoms with van der Waals surface area (Å²) in [6, 6.07) is 10.4. The van der Waals surface area contributed by atoms with Crippen molar-refractivity contribution in [1.29, 1.82) is 0 Å². The van der Waals surface area contributed by atoms with E-state index in [9.17, 15) is 15.0 Å². The average molecular weight is 328 g/mol. The molecule has 1 fully saturated rings. The number of carbonyl (C=O) groups excluding carboxylic acids is 1. The number of hydrogen-bond acceptors (Lipinski definition) is 5. The summed E-state index contributed by atoms with van der Waals surface area (Å²) in [7, 11) is 1.51. The number of benzene rings is 2. The van der Waals surface area contributed by atoms with Gasteiger partial charge in [-0.2, -0.15) is 0 Å². The minimum Gasteiger partial charge on any atom is -0.507 e. The summed E-state index contributed by atoms with van der Waals surface area (Å²) in [4.78, 5) is 18.4. The Morgan fingerprint density at radius 1 is 1.25 bits per heavy atom. The summed E-state index contributed by atoms with van der Waals surface area (Å²) in [6.45, 7) is 1.04. The SMILES string of the molecule is CONc1cccc(-c2c(O)ccc(CN3CCCC3=O)c2O)c1. The summed E-state index contributed by atoms with van der Waals surface area (Å²) < 4.78 is 0. The van der Waals surface area contributed by atoms with Gasteiger partial charge in [0.1, 0.15) is 11.5 Å². The molecule has 1 saturated heterocycles. The van der Waals surface area contributed by atoms with Crippen LogP contribution in [0.2, 0.25) is 0 Å². The highest BCUT2D eigenvalue weighted by Crippen LogP contribution is 2.40. The zero-order chi connectivity index (χ0) is 17.1. The van der Waals surface area contributed by atoms with E-state index in [1.807, 2.05) is 6.07 Å². The number of rotatable bonds is 5. The van der Waals surface area contributed by atoms with Gasteiger partial charge >= 0.3 is 0 Å². The van der Waals surface area contributed by atoms with Crippen LogP contribution in [0.4, 0.5) is 5.69 Å². The molecule has 0 aliphatic carbocycles. The molecule has 1 aliphatic rings. The Bertz CT molecular complexity index is 761. The van der Waals surface area contributed by atoms with Gasteiger partial charge in [0.25, 0.3) is 0 Å². The third kappa shape index (κ3) is 3.14. The van der Waals surface area contributed by atoms with Crippen LogP contribution in [0, 0.1) is 0 Å². The van der Waals surface area contributed by atoms with Crippen molar-refractivity contribution in [2.45, 2.75) is 19.4 Å². The number of anilines is 1. The molecule has 0 radical (unpaired) electrons. The van der Waals surface area contributed by atoms with Gasteiger partial charge in [-0.05, 0) is 36.2 Å². The molecule has 0 unspecified atom stereocenters. The third-order valence-corrected chi connectivity index (χ3v) is 4.14. The maximum atomic E-state index is 11.8. The molecule has 0 bridgehead atoms. The van der Waals surface area contributed by atoms with Crippen molar-refractivity contribution in [2.75, 3.05) is 19.1 Å². The number of phenols is 2. The Morgan fingerprint density at radius 2 is 2.08 bits per heavy atom. The fourth-order valence-electron chi connectivity index (χ4n) is 2.97. The molecule has 3 rings (SSSR count). The fraction of sp³-hybridized carbons (Fsp3) is 0.278. The van der Waals surface area contributed by atoms with Crippen molar-refractivity contribution >= 4 is 11.6 Å². The van der Waals surface area contributed by atoms with Gasteiger partial charge in [0.2, 0.25) is 5.91 Å². The zero-order valence-corrected chi connectivity index (χ0v) is 13.5. The Morgan fingerprint density at radius 3 is 2.79 bits per heavy atom. The summed E-state index contributed by atoms with van der Waals surface area (Å²) >= 11 is 0. The predicted octanol–water partition coefficient (Wildman–Crippen LogP) is 2.86. The van der Waals surface area contributed by atoms with E-state index in [-0.39, 0.29) is 17.4 Å². The Labute approximate surface area is 140 Å². The second-order valence-corrected chi connectivity index (χ2v) is 5.77. The van der Waals surface area contributed by atoms with Crippen LogP contribution < -0.4 is 5.48 Å². The second-order valence-electron chi connectivity index (χ2n) is 5.77. The van der Waals surface area contributed by atoms with Gasteiger partial charge in [0, 0.05) is 25.1 Å². The summed E-state index contributed by atoms with van der Waals surface area (Å²) in [5.41, 5.74) is 5.04. The molecule has 3 N–H and O–H groups in total. The number of carbonyl (C=O) groups is 1. The molecule has 1 heterocycles. The van der Waals surface area contributed by atoms with Crippen molar-refractivity contribution in [3.63, 3.8) is 0 Å². The van der Waals surface area contributed by atoms with E-state index in [1.165, 1.54) is 7.11 Å². The maximum Gasteiger partial charge on any atom is 0.222 e. The number of aromatic hydroxyl groups is 2. The Balaban J connectivity index is 1.97. The van der Waals surface area contributed by atoms with Crippen LogP contribution in [-0.4, -0.2) is 34.7 Å². The fourth-order valence-corrected chi connectivity index (χ4v) is 2.97. The lowest BCUT2D eigenvalue weighted by Gasteiger charge is -2.18. The van der Waals surface area contributed by atoms with Gasteiger partial charge in [-0.3, -0.25) is 15.1 Å². The van der Waals surface area contributed by atoms with E-state index < -0.39 is 0 Å². The number of nitrogens with one attached hydrogen (secondary N) is 1.